The van der Waals surface area contributed by atoms with Gasteiger partial charge in [0.2, 0.25) is 0 Å². The average Bonchev–Trinajstić information content (AvgIpc) is 2.70. The second-order valence-electron chi connectivity index (χ2n) is 5.87. The molecule has 0 aliphatic carbocycles. The molecule has 0 unspecified atom stereocenters. The topological polar surface area (TPSA) is 64.1 Å². The third-order valence-electron chi connectivity index (χ3n) is 3.75. The minimum absolute atomic E-state index is 0. The fraction of sp³-hybridized carbons (Fsp3) is 0.381. The van der Waals surface area contributed by atoms with E-state index in [9.17, 15) is 0 Å². The summed E-state index contributed by atoms with van der Waals surface area (Å²) in [7, 11) is 3.43. The molecule has 28 heavy (non-hydrogen) atoms. The van der Waals surface area contributed by atoms with E-state index in [4.69, 9.17) is 14.2 Å². The van der Waals surface area contributed by atoms with Crippen LogP contribution in [0.1, 0.15) is 12.0 Å². The predicted molar refractivity (Wildman–Crippen MR) is 124 cm³/mol. The molecule has 7 heteroatoms. The zero-order valence-electron chi connectivity index (χ0n) is 16.5. The molecule has 0 aliphatic heterocycles. The minimum Gasteiger partial charge on any atom is -0.457 e. The van der Waals surface area contributed by atoms with Crippen LogP contribution in [0.15, 0.2) is 59.6 Å². The molecule has 6 nitrogen and oxygen atoms in total. The number of hydrogen-bond donors (Lipinski definition) is 2. The Hall–Kier alpha value is -1.84. The van der Waals surface area contributed by atoms with Crippen LogP contribution in [0.4, 0.5) is 0 Å². The minimum atomic E-state index is 0. The van der Waals surface area contributed by atoms with Crippen LogP contribution in [0.3, 0.4) is 0 Å². The zero-order chi connectivity index (χ0) is 19.2. The highest BCUT2D eigenvalue weighted by atomic mass is 127. The number of para-hydroxylation sites is 1. The summed E-state index contributed by atoms with van der Waals surface area (Å²) in [6.45, 7) is 3.42. The van der Waals surface area contributed by atoms with E-state index in [0.717, 1.165) is 36.0 Å². The molecule has 0 amide bonds. The summed E-state index contributed by atoms with van der Waals surface area (Å²) in [5.74, 6) is 2.41. The van der Waals surface area contributed by atoms with Crippen LogP contribution in [0, 0.1) is 0 Å². The SMILES string of the molecule is CN=C(NCCCOCCOC)NCc1cccc(Oc2ccccc2)c1.I. The van der Waals surface area contributed by atoms with Crippen LogP contribution in [-0.2, 0) is 16.0 Å². The van der Waals surface area contributed by atoms with E-state index in [2.05, 4.69) is 21.7 Å². The first kappa shape index (κ1) is 24.2. The molecule has 0 aromatic heterocycles. The van der Waals surface area contributed by atoms with Gasteiger partial charge in [0.1, 0.15) is 11.5 Å². The van der Waals surface area contributed by atoms with Crippen LogP contribution in [0.2, 0.25) is 0 Å². The van der Waals surface area contributed by atoms with Gasteiger partial charge < -0.3 is 24.8 Å². The molecule has 2 N–H and O–H groups in total. The van der Waals surface area contributed by atoms with Crippen LogP contribution < -0.4 is 15.4 Å². The van der Waals surface area contributed by atoms with Gasteiger partial charge in [-0.2, -0.15) is 0 Å². The first-order valence-corrected chi connectivity index (χ1v) is 9.15. The second kappa shape index (κ2) is 15.1. The monoisotopic (exact) mass is 499 g/mol. The molecule has 0 fully saturated rings. The number of methoxy groups -OCH3 is 1. The van der Waals surface area contributed by atoms with Gasteiger partial charge in [0, 0.05) is 33.9 Å². The molecule has 0 bridgehead atoms. The summed E-state index contributed by atoms with van der Waals surface area (Å²) in [6.07, 6.45) is 0.908. The Morgan fingerprint density at radius 3 is 2.46 bits per heavy atom. The van der Waals surface area contributed by atoms with Crippen molar-refractivity contribution in [2.75, 3.05) is 40.5 Å². The molecule has 2 aromatic rings. The molecule has 0 spiro atoms. The lowest BCUT2D eigenvalue weighted by Crippen LogP contribution is -2.37. The standard InChI is InChI=1S/C21H29N3O3.HI/c1-22-21(23-12-7-13-26-15-14-25-2)24-17-18-8-6-11-20(16-18)27-19-9-4-3-5-10-19;/h3-6,8-11,16H,7,12-15,17H2,1-2H3,(H2,22,23,24);1H. The van der Waals surface area contributed by atoms with Crippen molar-refractivity contribution in [1.29, 1.82) is 0 Å². The van der Waals surface area contributed by atoms with E-state index < -0.39 is 0 Å². The molecular formula is C21H30IN3O3. The van der Waals surface area contributed by atoms with E-state index in [0.29, 0.717) is 26.4 Å². The highest BCUT2D eigenvalue weighted by Gasteiger charge is 2.01. The maximum Gasteiger partial charge on any atom is 0.191 e. The number of nitrogens with zero attached hydrogens (tertiary/aromatic N) is 1. The molecule has 0 radical (unpaired) electrons. The van der Waals surface area contributed by atoms with Gasteiger partial charge >= 0.3 is 0 Å². The Morgan fingerprint density at radius 1 is 0.929 bits per heavy atom. The molecule has 0 saturated heterocycles. The maximum atomic E-state index is 5.88. The molecular weight excluding hydrogens is 469 g/mol. The second-order valence-corrected chi connectivity index (χ2v) is 5.87. The molecule has 0 atom stereocenters. The quantitative estimate of drug-likeness (QED) is 0.213. The number of benzene rings is 2. The summed E-state index contributed by atoms with van der Waals surface area (Å²) in [4.78, 5) is 4.24. The average molecular weight is 499 g/mol. The van der Waals surface area contributed by atoms with Crippen molar-refractivity contribution in [1.82, 2.24) is 10.6 Å². The molecule has 2 rings (SSSR count). The number of rotatable bonds is 11. The van der Waals surface area contributed by atoms with Crippen LogP contribution in [0.25, 0.3) is 0 Å². The van der Waals surface area contributed by atoms with E-state index in [1.54, 1.807) is 14.2 Å². The molecule has 0 saturated carbocycles. The highest BCUT2D eigenvalue weighted by Crippen LogP contribution is 2.21. The van der Waals surface area contributed by atoms with Crippen molar-refractivity contribution in [2.24, 2.45) is 4.99 Å². The van der Waals surface area contributed by atoms with Gasteiger partial charge in [0.15, 0.2) is 5.96 Å². The first-order chi connectivity index (χ1) is 13.3. The lowest BCUT2D eigenvalue weighted by Gasteiger charge is -2.13. The Bertz CT molecular complexity index is 684. The van der Waals surface area contributed by atoms with Crippen molar-refractivity contribution in [3.05, 3.63) is 60.2 Å². The first-order valence-electron chi connectivity index (χ1n) is 9.15. The molecule has 154 valence electrons. The number of ether oxygens (including phenoxy) is 3. The summed E-state index contributed by atoms with van der Waals surface area (Å²) < 4.78 is 16.3. The molecule has 2 aromatic carbocycles. The maximum absolute atomic E-state index is 5.88. The lowest BCUT2D eigenvalue weighted by atomic mass is 10.2. The van der Waals surface area contributed by atoms with Crippen LogP contribution in [0.5, 0.6) is 11.5 Å². The molecule has 0 aliphatic rings. The van der Waals surface area contributed by atoms with E-state index in [1.165, 1.54) is 0 Å². The third-order valence-corrected chi connectivity index (χ3v) is 3.75. The summed E-state index contributed by atoms with van der Waals surface area (Å²) in [6, 6.07) is 17.8. The molecule has 0 heterocycles. The van der Waals surface area contributed by atoms with Crippen molar-refractivity contribution in [3.8, 4) is 11.5 Å². The zero-order valence-corrected chi connectivity index (χ0v) is 18.8. The number of hydrogen-bond acceptors (Lipinski definition) is 4. The van der Waals surface area contributed by atoms with Gasteiger partial charge in [-0.05, 0) is 36.2 Å². The van der Waals surface area contributed by atoms with Crippen molar-refractivity contribution in [3.63, 3.8) is 0 Å². The van der Waals surface area contributed by atoms with Crippen molar-refractivity contribution >= 4 is 29.9 Å². The van der Waals surface area contributed by atoms with Gasteiger partial charge in [0.05, 0.1) is 13.2 Å². The van der Waals surface area contributed by atoms with Gasteiger partial charge in [-0.1, -0.05) is 30.3 Å². The summed E-state index contributed by atoms with van der Waals surface area (Å²) in [5, 5.41) is 6.59. The normalized spacial score (nSPS) is 10.9. The van der Waals surface area contributed by atoms with E-state index in [1.807, 2.05) is 48.5 Å². The van der Waals surface area contributed by atoms with Gasteiger partial charge in [0.25, 0.3) is 0 Å². The van der Waals surface area contributed by atoms with Gasteiger partial charge in [-0.25, -0.2) is 0 Å². The van der Waals surface area contributed by atoms with Crippen molar-refractivity contribution in [2.45, 2.75) is 13.0 Å². The summed E-state index contributed by atoms with van der Waals surface area (Å²) >= 11 is 0. The van der Waals surface area contributed by atoms with Gasteiger partial charge in [-0.3, -0.25) is 4.99 Å². The van der Waals surface area contributed by atoms with E-state index >= 15 is 0 Å². The van der Waals surface area contributed by atoms with Gasteiger partial charge in [-0.15, -0.1) is 24.0 Å². The number of aliphatic imine (C=N–C) groups is 1. The van der Waals surface area contributed by atoms with Crippen LogP contribution in [-0.4, -0.2) is 46.5 Å². The van der Waals surface area contributed by atoms with E-state index in [-0.39, 0.29) is 24.0 Å². The summed E-state index contributed by atoms with van der Waals surface area (Å²) in [5.41, 5.74) is 1.12. The van der Waals surface area contributed by atoms with Crippen molar-refractivity contribution < 1.29 is 14.2 Å². The largest absolute Gasteiger partial charge is 0.457 e. The third kappa shape index (κ3) is 9.91. The Morgan fingerprint density at radius 2 is 1.71 bits per heavy atom. The number of nitrogens with one attached hydrogen (secondary N) is 2. The fourth-order valence-electron chi connectivity index (χ4n) is 2.38. The fourth-order valence-corrected chi connectivity index (χ4v) is 2.38. The smallest absolute Gasteiger partial charge is 0.191 e. The van der Waals surface area contributed by atoms with Crippen LogP contribution >= 0.6 is 24.0 Å². The highest BCUT2D eigenvalue weighted by molar-refractivity contribution is 14.0. The Balaban J connectivity index is 0.00000392. The Kier molecular flexibility index (Phi) is 13.1. The number of guanidine groups is 1. The lowest BCUT2D eigenvalue weighted by molar-refractivity contribution is 0.0698. The Labute approximate surface area is 184 Å². The predicted octanol–water partition coefficient (Wildman–Crippen LogP) is 3.82. The number of halogens is 1.